The lowest BCUT2D eigenvalue weighted by Gasteiger charge is -2.01. The van der Waals surface area contributed by atoms with Crippen LogP contribution in [0.4, 0.5) is 0 Å². The van der Waals surface area contributed by atoms with Crippen molar-refractivity contribution in [2.24, 2.45) is 0 Å². The Morgan fingerprint density at radius 2 is 2.22 bits per heavy atom. The van der Waals surface area contributed by atoms with Crippen molar-refractivity contribution in [3.63, 3.8) is 0 Å². The monoisotopic (exact) mass is 267 g/mol. The molecule has 0 spiro atoms. The maximum atomic E-state index is 11.4. The van der Waals surface area contributed by atoms with E-state index in [0.29, 0.717) is 11.6 Å². The third kappa shape index (κ3) is 5.50. The SMILES string of the molecule is CCOC(=O)CNC(=O)/C=C/c1cccc(Cl)c1. The van der Waals surface area contributed by atoms with Crippen molar-refractivity contribution in [3.8, 4) is 0 Å². The second-order valence-electron chi connectivity index (χ2n) is 3.41. The standard InChI is InChI=1S/C13H14ClNO3/c1-2-18-13(17)9-15-12(16)7-6-10-4-3-5-11(14)8-10/h3-8H,2,9H2,1H3,(H,15,16)/b7-6+. The highest BCUT2D eigenvalue weighted by Gasteiger charge is 2.02. The molecular weight excluding hydrogens is 254 g/mol. The number of benzene rings is 1. The van der Waals surface area contributed by atoms with Gasteiger partial charge in [-0.15, -0.1) is 0 Å². The van der Waals surface area contributed by atoms with Gasteiger partial charge in [-0.25, -0.2) is 0 Å². The molecule has 1 amide bonds. The predicted octanol–water partition coefficient (Wildman–Crippen LogP) is 2.03. The molecule has 0 fully saturated rings. The Bertz CT molecular complexity index is 457. The number of hydrogen-bond donors (Lipinski definition) is 1. The fraction of sp³-hybridized carbons (Fsp3) is 0.231. The molecule has 0 atom stereocenters. The van der Waals surface area contributed by atoms with Gasteiger partial charge in [0.2, 0.25) is 5.91 Å². The van der Waals surface area contributed by atoms with Gasteiger partial charge in [-0.1, -0.05) is 23.7 Å². The summed E-state index contributed by atoms with van der Waals surface area (Å²) in [5, 5.41) is 3.02. The number of nitrogens with one attached hydrogen (secondary N) is 1. The van der Waals surface area contributed by atoms with Crippen LogP contribution in [0.15, 0.2) is 30.3 Å². The number of carbonyl (C=O) groups is 2. The zero-order valence-electron chi connectivity index (χ0n) is 9.98. The number of hydrogen-bond acceptors (Lipinski definition) is 3. The molecule has 5 heteroatoms. The van der Waals surface area contributed by atoms with Gasteiger partial charge < -0.3 is 10.1 Å². The van der Waals surface area contributed by atoms with Gasteiger partial charge in [0.25, 0.3) is 0 Å². The molecule has 1 rings (SSSR count). The molecule has 0 unspecified atom stereocenters. The van der Waals surface area contributed by atoms with Crippen LogP contribution in [0, 0.1) is 0 Å². The third-order valence-electron chi connectivity index (χ3n) is 1.99. The number of halogens is 1. The van der Waals surface area contributed by atoms with Crippen molar-refractivity contribution in [2.75, 3.05) is 13.2 Å². The minimum absolute atomic E-state index is 0.132. The van der Waals surface area contributed by atoms with Crippen LogP contribution in [-0.4, -0.2) is 25.0 Å². The molecule has 96 valence electrons. The van der Waals surface area contributed by atoms with Gasteiger partial charge in [-0.2, -0.15) is 0 Å². The van der Waals surface area contributed by atoms with Crippen molar-refractivity contribution < 1.29 is 14.3 Å². The van der Waals surface area contributed by atoms with E-state index >= 15 is 0 Å². The molecule has 1 N–H and O–H groups in total. The Balaban J connectivity index is 2.42. The molecule has 0 aliphatic carbocycles. The third-order valence-corrected chi connectivity index (χ3v) is 2.22. The number of rotatable bonds is 5. The lowest BCUT2D eigenvalue weighted by Crippen LogP contribution is -2.29. The summed E-state index contributed by atoms with van der Waals surface area (Å²) in [5.41, 5.74) is 0.814. The molecule has 0 aromatic heterocycles. The van der Waals surface area contributed by atoms with E-state index in [4.69, 9.17) is 11.6 Å². The molecule has 0 radical (unpaired) electrons. The Hall–Kier alpha value is -1.81. The van der Waals surface area contributed by atoms with Crippen molar-refractivity contribution >= 4 is 29.6 Å². The highest BCUT2D eigenvalue weighted by molar-refractivity contribution is 6.30. The second-order valence-corrected chi connectivity index (χ2v) is 3.85. The van der Waals surface area contributed by atoms with Crippen molar-refractivity contribution in [3.05, 3.63) is 40.9 Å². The number of ether oxygens (including phenoxy) is 1. The first-order valence-corrected chi connectivity index (χ1v) is 5.86. The fourth-order valence-electron chi connectivity index (χ4n) is 1.21. The minimum Gasteiger partial charge on any atom is -0.465 e. The summed E-state index contributed by atoms with van der Waals surface area (Å²) < 4.78 is 4.68. The number of esters is 1. The quantitative estimate of drug-likeness (QED) is 0.656. The summed E-state index contributed by atoms with van der Waals surface area (Å²) >= 11 is 5.80. The van der Waals surface area contributed by atoms with Gasteiger partial charge in [0, 0.05) is 11.1 Å². The van der Waals surface area contributed by atoms with Gasteiger partial charge in [-0.3, -0.25) is 9.59 Å². The lowest BCUT2D eigenvalue weighted by atomic mass is 10.2. The zero-order chi connectivity index (χ0) is 13.4. The summed E-state index contributed by atoms with van der Waals surface area (Å²) in [6.07, 6.45) is 2.96. The van der Waals surface area contributed by atoms with Gasteiger partial charge >= 0.3 is 5.97 Å². The smallest absolute Gasteiger partial charge is 0.325 e. The van der Waals surface area contributed by atoms with Crippen molar-refractivity contribution in [1.29, 1.82) is 0 Å². The maximum Gasteiger partial charge on any atom is 0.325 e. The summed E-state index contributed by atoms with van der Waals surface area (Å²) in [5.74, 6) is -0.815. The van der Waals surface area contributed by atoms with Crippen LogP contribution in [-0.2, 0) is 14.3 Å². The molecule has 0 saturated heterocycles. The fourth-order valence-corrected chi connectivity index (χ4v) is 1.41. The lowest BCUT2D eigenvalue weighted by molar-refractivity contribution is -0.143. The predicted molar refractivity (Wildman–Crippen MR) is 70.1 cm³/mol. The van der Waals surface area contributed by atoms with Gasteiger partial charge in [0.15, 0.2) is 0 Å². The Labute approximate surface area is 111 Å². The molecule has 0 saturated carbocycles. The van der Waals surface area contributed by atoms with Crippen LogP contribution in [0.1, 0.15) is 12.5 Å². The van der Waals surface area contributed by atoms with E-state index in [0.717, 1.165) is 5.56 Å². The molecule has 1 aromatic rings. The van der Waals surface area contributed by atoms with Crippen LogP contribution < -0.4 is 5.32 Å². The molecule has 0 heterocycles. The van der Waals surface area contributed by atoms with E-state index in [1.54, 1.807) is 31.2 Å². The van der Waals surface area contributed by atoms with Crippen LogP contribution in [0.5, 0.6) is 0 Å². The first-order chi connectivity index (χ1) is 8.61. The number of carbonyl (C=O) groups excluding carboxylic acids is 2. The average molecular weight is 268 g/mol. The summed E-state index contributed by atoms with van der Waals surface area (Å²) in [6, 6.07) is 7.09. The number of amides is 1. The normalized spacial score (nSPS) is 10.3. The molecule has 18 heavy (non-hydrogen) atoms. The van der Waals surface area contributed by atoms with E-state index in [9.17, 15) is 9.59 Å². The van der Waals surface area contributed by atoms with Crippen LogP contribution >= 0.6 is 11.6 Å². The van der Waals surface area contributed by atoms with Gasteiger partial charge in [-0.05, 0) is 30.7 Å². The minimum atomic E-state index is -0.456. The second kappa shape index (κ2) is 7.50. The average Bonchev–Trinajstić information content (AvgIpc) is 2.34. The Kier molecular flexibility index (Phi) is 5.94. The first kappa shape index (κ1) is 14.3. The molecule has 1 aromatic carbocycles. The molecule has 0 aliphatic heterocycles. The van der Waals surface area contributed by atoms with Crippen molar-refractivity contribution in [1.82, 2.24) is 5.32 Å². The summed E-state index contributed by atoms with van der Waals surface area (Å²) in [4.78, 5) is 22.4. The van der Waals surface area contributed by atoms with Crippen molar-refractivity contribution in [2.45, 2.75) is 6.92 Å². The molecule has 4 nitrogen and oxygen atoms in total. The summed E-state index contributed by atoms with van der Waals surface area (Å²) in [7, 11) is 0. The van der Waals surface area contributed by atoms with E-state index in [2.05, 4.69) is 10.1 Å². The van der Waals surface area contributed by atoms with E-state index in [1.165, 1.54) is 6.08 Å². The van der Waals surface area contributed by atoms with Gasteiger partial charge in [0.05, 0.1) is 6.61 Å². The Morgan fingerprint density at radius 1 is 1.44 bits per heavy atom. The highest BCUT2D eigenvalue weighted by atomic mass is 35.5. The first-order valence-electron chi connectivity index (χ1n) is 5.49. The zero-order valence-corrected chi connectivity index (χ0v) is 10.7. The van der Waals surface area contributed by atoms with E-state index < -0.39 is 5.97 Å². The molecule has 0 bridgehead atoms. The van der Waals surface area contributed by atoms with E-state index in [1.807, 2.05) is 6.07 Å². The summed E-state index contributed by atoms with van der Waals surface area (Å²) in [6.45, 7) is 1.87. The van der Waals surface area contributed by atoms with E-state index in [-0.39, 0.29) is 12.5 Å². The molecular formula is C13H14ClNO3. The van der Waals surface area contributed by atoms with Gasteiger partial charge in [0.1, 0.15) is 6.54 Å². The highest BCUT2D eigenvalue weighted by Crippen LogP contribution is 2.11. The largest absolute Gasteiger partial charge is 0.465 e. The molecule has 0 aliphatic rings. The van der Waals surface area contributed by atoms with Crippen LogP contribution in [0.25, 0.3) is 6.08 Å². The maximum absolute atomic E-state index is 11.4. The Morgan fingerprint density at radius 3 is 2.89 bits per heavy atom. The topological polar surface area (TPSA) is 55.4 Å². The van der Waals surface area contributed by atoms with Crippen LogP contribution in [0.2, 0.25) is 5.02 Å². The van der Waals surface area contributed by atoms with Crippen LogP contribution in [0.3, 0.4) is 0 Å².